The van der Waals surface area contributed by atoms with Gasteiger partial charge in [0.2, 0.25) is 0 Å². The number of hydrogen-bond acceptors (Lipinski definition) is 3. The number of nitrogens with zero attached hydrogens (tertiary/aromatic N) is 4. The van der Waals surface area contributed by atoms with E-state index in [0.29, 0.717) is 11.3 Å². The molecular formula is C16H13FN4. The summed E-state index contributed by atoms with van der Waals surface area (Å²) in [4.78, 5) is 13.0. The van der Waals surface area contributed by atoms with Crippen LogP contribution in [0.15, 0.2) is 35.6 Å². The molecule has 4 heterocycles. The monoisotopic (exact) mass is 280 g/mol. The molecule has 104 valence electrons. The molecule has 0 unspecified atom stereocenters. The van der Waals surface area contributed by atoms with Gasteiger partial charge < -0.3 is 4.57 Å². The highest BCUT2D eigenvalue weighted by Crippen LogP contribution is 2.29. The van der Waals surface area contributed by atoms with E-state index in [1.807, 2.05) is 19.2 Å². The third-order valence-corrected chi connectivity index (χ3v) is 3.90. The molecule has 3 aromatic heterocycles. The van der Waals surface area contributed by atoms with Crippen LogP contribution in [0.5, 0.6) is 0 Å². The predicted molar refractivity (Wildman–Crippen MR) is 80.1 cm³/mol. The molecule has 0 atom stereocenters. The largest absolute Gasteiger partial charge is 0.322 e. The third-order valence-electron chi connectivity index (χ3n) is 3.90. The van der Waals surface area contributed by atoms with Crippen LogP contribution < -0.4 is 0 Å². The normalized spacial score (nSPS) is 13.6. The van der Waals surface area contributed by atoms with Crippen LogP contribution in [0, 0.1) is 12.7 Å². The molecule has 5 heteroatoms. The van der Waals surface area contributed by atoms with Crippen LogP contribution in [-0.2, 0) is 6.54 Å². The van der Waals surface area contributed by atoms with E-state index >= 15 is 0 Å². The van der Waals surface area contributed by atoms with Crippen molar-refractivity contribution < 1.29 is 4.39 Å². The first-order valence-electron chi connectivity index (χ1n) is 6.85. The number of aromatic nitrogens is 3. The van der Waals surface area contributed by atoms with Crippen LogP contribution in [-0.4, -0.2) is 27.3 Å². The SMILES string of the molecule is Cc1c2n(c3ncc(-c4ncccc4F)cc13)CCN=C2. The number of halogens is 1. The molecule has 0 aromatic carbocycles. The second-order valence-corrected chi connectivity index (χ2v) is 5.13. The van der Waals surface area contributed by atoms with Crippen LogP contribution >= 0.6 is 0 Å². The Kier molecular flexibility index (Phi) is 2.60. The fraction of sp³-hybridized carbons (Fsp3) is 0.188. The number of fused-ring (bicyclic) bond motifs is 3. The van der Waals surface area contributed by atoms with Gasteiger partial charge in [-0.15, -0.1) is 0 Å². The molecule has 0 spiro atoms. The fourth-order valence-corrected chi connectivity index (χ4v) is 2.83. The van der Waals surface area contributed by atoms with Crippen LogP contribution in [0.4, 0.5) is 4.39 Å². The van der Waals surface area contributed by atoms with E-state index in [9.17, 15) is 4.39 Å². The highest BCUT2D eigenvalue weighted by atomic mass is 19.1. The van der Waals surface area contributed by atoms with Crippen molar-refractivity contribution in [3.05, 3.63) is 47.7 Å². The summed E-state index contributed by atoms with van der Waals surface area (Å²) in [7, 11) is 0. The number of rotatable bonds is 1. The van der Waals surface area contributed by atoms with Crippen molar-refractivity contribution in [3.8, 4) is 11.3 Å². The smallest absolute Gasteiger partial charge is 0.149 e. The highest BCUT2D eigenvalue weighted by molar-refractivity contribution is 5.94. The summed E-state index contributed by atoms with van der Waals surface area (Å²) in [5.41, 5.74) is 4.17. The first kappa shape index (κ1) is 12.2. The zero-order valence-electron chi connectivity index (χ0n) is 11.5. The molecule has 0 N–H and O–H groups in total. The maximum absolute atomic E-state index is 13.9. The lowest BCUT2D eigenvalue weighted by Crippen LogP contribution is -2.11. The summed E-state index contributed by atoms with van der Waals surface area (Å²) in [6.45, 7) is 3.65. The molecule has 0 bridgehead atoms. The van der Waals surface area contributed by atoms with Gasteiger partial charge in [-0.2, -0.15) is 0 Å². The number of pyridine rings is 2. The van der Waals surface area contributed by atoms with E-state index in [1.54, 1.807) is 18.5 Å². The van der Waals surface area contributed by atoms with Crippen LogP contribution in [0.1, 0.15) is 11.3 Å². The minimum atomic E-state index is -0.332. The first-order chi connectivity index (χ1) is 10.3. The first-order valence-corrected chi connectivity index (χ1v) is 6.85. The van der Waals surface area contributed by atoms with Crippen molar-refractivity contribution in [1.29, 1.82) is 0 Å². The van der Waals surface area contributed by atoms with Gasteiger partial charge in [0.05, 0.1) is 12.2 Å². The quantitative estimate of drug-likeness (QED) is 0.687. The van der Waals surface area contributed by atoms with E-state index < -0.39 is 0 Å². The van der Waals surface area contributed by atoms with E-state index in [2.05, 4.69) is 19.5 Å². The van der Waals surface area contributed by atoms with Crippen molar-refractivity contribution in [2.45, 2.75) is 13.5 Å². The van der Waals surface area contributed by atoms with Gasteiger partial charge in [-0.3, -0.25) is 9.98 Å². The molecule has 21 heavy (non-hydrogen) atoms. The third kappa shape index (κ3) is 1.77. The Morgan fingerprint density at radius 2 is 2.19 bits per heavy atom. The van der Waals surface area contributed by atoms with Crippen molar-refractivity contribution in [2.75, 3.05) is 6.54 Å². The van der Waals surface area contributed by atoms with Gasteiger partial charge in [0.25, 0.3) is 0 Å². The van der Waals surface area contributed by atoms with E-state index in [1.165, 1.54) is 6.07 Å². The number of hydrogen-bond donors (Lipinski definition) is 0. The van der Waals surface area contributed by atoms with E-state index in [0.717, 1.165) is 35.4 Å². The maximum Gasteiger partial charge on any atom is 0.149 e. The molecule has 0 saturated carbocycles. The van der Waals surface area contributed by atoms with Gasteiger partial charge in [0.1, 0.15) is 17.2 Å². The highest BCUT2D eigenvalue weighted by Gasteiger charge is 2.17. The molecule has 3 aromatic rings. The minimum absolute atomic E-state index is 0.332. The average molecular weight is 280 g/mol. The summed E-state index contributed by atoms with van der Waals surface area (Å²) in [5.74, 6) is -0.332. The van der Waals surface area contributed by atoms with Gasteiger partial charge in [0.15, 0.2) is 0 Å². The Balaban J connectivity index is 1.98. The molecule has 1 aliphatic heterocycles. The summed E-state index contributed by atoms with van der Waals surface area (Å²) >= 11 is 0. The fourth-order valence-electron chi connectivity index (χ4n) is 2.83. The lowest BCUT2D eigenvalue weighted by atomic mass is 10.1. The zero-order valence-corrected chi connectivity index (χ0v) is 11.5. The number of aliphatic imine (C=N–C) groups is 1. The minimum Gasteiger partial charge on any atom is -0.322 e. The Labute approximate surface area is 121 Å². The van der Waals surface area contributed by atoms with Crippen molar-refractivity contribution in [3.63, 3.8) is 0 Å². The van der Waals surface area contributed by atoms with Gasteiger partial charge in [-0.1, -0.05) is 0 Å². The topological polar surface area (TPSA) is 43.1 Å². The summed E-state index contributed by atoms with van der Waals surface area (Å²) < 4.78 is 16.0. The van der Waals surface area contributed by atoms with Crippen LogP contribution in [0.2, 0.25) is 0 Å². The van der Waals surface area contributed by atoms with Crippen molar-refractivity contribution in [1.82, 2.24) is 14.5 Å². The second-order valence-electron chi connectivity index (χ2n) is 5.13. The molecule has 0 fully saturated rings. The summed E-state index contributed by atoms with van der Waals surface area (Å²) in [5, 5.41) is 1.03. The van der Waals surface area contributed by atoms with Gasteiger partial charge >= 0.3 is 0 Å². The molecule has 1 aliphatic rings. The van der Waals surface area contributed by atoms with E-state index in [4.69, 9.17) is 0 Å². The Hall–Kier alpha value is -2.56. The molecular weight excluding hydrogens is 267 g/mol. The summed E-state index contributed by atoms with van der Waals surface area (Å²) in [6, 6.07) is 4.96. The van der Waals surface area contributed by atoms with Crippen LogP contribution in [0.25, 0.3) is 22.3 Å². The van der Waals surface area contributed by atoms with E-state index in [-0.39, 0.29) is 5.82 Å². The number of aryl methyl sites for hydroxylation is 1. The Morgan fingerprint density at radius 3 is 3.05 bits per heavy atom. The molecule has 0 amide bonds. The van der Waals surface area contributed by atoms with Gasteiger partial charge in [-0.25, -0.2) is 9.37 Å². The molecule has 4 nitrogen and oxygen atoms in total. The zero-order chi connectivity index (χ0) is 14.4. The van der Waals surface area contributed by atoms with Crippen LogP contribution in [0.3, 0.4) is 0 Å². The van der Waals surface area contributed by atoms with Crippen molar-refractivity contribution >= 4 is 17.2 Å². The molecule has 0 saturated heterocycles. The predicted octanol–water partition coefficient (Wildman–Crippen LogP) is 2.98. The lowest BCUT2D eigenvalue weighted by molar-refractivity contribution is 0.625. The second kappa shape index (κ2) is 4.48. The average Bonchev–Trinajstić information content (AvgIpc) is 2.81. The van der Waals surface area contributed by atoms with Crippen molar-refractivity contribution in [2.24, 2.45) is 4.99 Å². The van der Waals surface area contributed by atoms with Gasteiger partial charge in [0, 0.05) is 36.1 Å². The molecule has 0 radical (unpaired) electrons. The summed E-state index contributed by atoms with van der Waals surface area (Å²) in [6.07, 6.45) is 5.17. The maximum atomic E-state index is 13.9. The standard InChI is InChI=1S/C16H13FN4/c1-10-12-7-11(15-13(17)3-2-4-19-15)8-20-16(12)21-6-5-18-9-14(10)21/h2-4,7-9H,5-6H2,1H3. The van der Waals surface area contributed by atoms with Gasteiger partial charge in [-0.05, 0) is 30.7 Å². The Bertz CT molecular complexity index is 879. The lowest BCUT2D eigenvalue weighted by Gasteiger charge is -2.10. The molecule has 0 aliphatic carbocycles. The Morgan fingerprint density at radius 1 is 1.29 bits per heavy atom. The molecule has 4 rings (SSSR count).